The van der Waals surface area contributed by atoms with Crippen molar-refractivity contribution in [1.29, 1.82) is 0 Å². The van der Waals surface area contributed by atoms with E-state index < -0.39 is 0 Å². The van der Waals surface area contributed by atoms with E-state index in [2.05, 4.69) is 228 Å². The van der Waals surface area contributed by atoms with E-state index in [9.17, 15) is 0 Å². The van der Waals surface area contributed by atoms with Crippen LogP contribution in [0, 0.1) is 77.0 Å². The summed E-state index contributed by atoms with van der Waals surface area (Å²) >= 11 is 0. The summed E-state index contributed by atoms with van der Waals surface area (Å²) in [4.78, 5) is 49.5. The van der Waals surface area contributed by atoms with Crippen LogP contribution in [0.15, 0.2) is 173 Å². The molecule has 2 aromatic carbocycles. The fourth-order valence-corrected chi connectivity index (χ4v) is 14.5. The summed E-state index contributed by atoms with van der Waals surface area (Å²) in [6.45, 7) is 4.43. The fourth-order valence-electron chi connectivity index (χ4n) is 14.5. The molecule has 0 spiro atoms. The van der Waals surface area contributed by atoms with Crippen molar-refractivity contribution in [3.05, 3.63) is 224 Å². The Labute approximate surface area is 711 Å². The van der Waals surface area contributed by atoms with E-state index in [1.807, 2.05) is 43.4 Å². The van der Waals surface area contributed by atoms with Crippen LogP contribution in [0.25, 0.3) is 0 Å². The van der Waals surface area contributed by atoms with Crippen molar-refractivity contribution < 1.29 is 0 Å². The van der Waals surface area contributed by atoms with E-state index in [1.54, 1.807) is 44.3 Å². The van der Waals surface area contributed by atoms with E-state index in [-0.39, 0.29) is 12.1 Å². The Hall–Kier alpha value is -9.89. The number of aromatic nitrogens is 14. The molecule has 0 bridgehead atoms. The lowest BCUT2D eigenvalue weighted by Crippen LogP contribution is -2.23. The molecule has 0 radical (unpaired) electrons. The van der Waals surface area contributed by atoms with E-state index >= 15 is 0 Å². The molecule has 0 aliphatic heterocycles. The van der Waals surface area contributed by atoms with Crippen molar-refractivity contribution in [3.63, 3.8) is 0 Å². The lowest BCUT2D eigenvalue weighted by Gasteiger charge is -2.23. The third-order valence-electron chi connectivity index (χ3n) is 21.4. The molecule has 0 unspecified atom stereocenters. The molecule has 16 nitrogen and oxygen atoms in total. The van der Waals surface area contributed by atoms with Crippen molar-refractivity contribution in [2.24, 2.45) is 29.2 Å². The number of nitrogens with two attached hydrogens (primary N) is 2. The number of aryl methyl sites for hydroxylation is 9. The SMILES string of the molecule is C(#CCCc1cnc[nH]1)CCCC1CCCCC1.C(#CCCc1cnc[nH]1)CCCc1ccccc1.C(=C/CCc1cnc[nH]1)/CCc1ccccc1.CCCCC#CCCc1cnc[nH]1.CCCCCCCC#CCCc1cnc[nH]1.N[C@@H](/C=C\CCc1cnc[nH]1)CC1CCCCC1.N[C@@H](C#CCCc1cnc[nH]1)CC1CCCCC1. The molecule has 12 rings (SSSR count). The summed E-state index contributed by atoms with van der Waals surface area (Å²) in [6, 6.07) is 21.5. The number of hydrogen-bond acceptors (Lipinski definition) is 9. The zero-order chi connectivity index (χ0) is 82.8. The van der Waals surface area contributed by atoms with Gasteiger partial charge in [0.1, 0.15) is 0 Å². The molecular formula is C102H146N16. The third-order valence-corrected chi connectivity index (χ3v) is 21.4. The van der Waals surface area contributed by atoms with Crippen molar-refractivity contribution in [2.75, 3.05) is 0 Å². The first-order chi connectivity index (χ1) is 58.4. The first-order valence-corrected chi connectivity index (χ1v) is 45.4. The second kappa shape index (κ2) is 69.1. The van der Waals surface area contributed by atoms with E-state index in [4.69, 9.17) is 11.5 Å². The molecule has 3 saturated carbocycles. The molecule has 3 aliphatic rings. The Morgan fingerprint density at radius 2 is 0.653 bits per heavy atom. The van der Waals surface area contributed by atoms with Crippen LogP contribution in [0.5, 0.6) is 0 Å². The molecule has 118 heavy (non-hydrogen) atoms. The number of hydrogen-bond donors (Lipinski definition) is 9. The van der Waals surface area contributed by atoms with Gasteiger partial charge in [0.05, 0.1) is 50.3 Å². The predicted molar refractivity (Wildman–Crippen MR) is 491 cm³/mol. The summed E-state index contributed by atoms with van der Waals surface area (Å²) < 4.78 is 0. The van der Waals surface area contributed by atoms with Gasteiger partial charge in [-0.25, -0.2) is 34.9 Å². The molecule has 0 amide bonds. The average Bonchev–Trinajstić information content (AvgIpc) is 1.78. The number of nitrogens with one attached hydrogen (secondary N) is 7. The maximum Gasteiger partial charge on any atom is 0.0921 e. The minimum Gasteiger partial charge on any atom is -0.348 e. The van der Waals surface area contributed by atoms with Crippen LogP contribution < -0.4 is 11.5 Å². The van der Waals surface area contributed by atoms with Crippen molar-refractivity contribution in [2.45, 2.75) is 334 Å². The lowest BCUT2D eigenvalue weighted by atomic mass is 9.85. The van der Waals surface area contributed by atoms with Crippen molar-refractivity contribution in [1.82, 2.24) is 69.8 Å². The first-order valence-electron chi connectivity index (χ1n) is 45.4. The maximum atomic E-state index is 6.16. The van der Waals surface area contributed by atoms with Crippen LogP contribution >= 0.6 is 0 Å². The summed E-state index contributed by atoms with van der Waals surface area (Å²) in [5.74, 6) is 34.9. The van der Waals surface area contributed by atoms with Gasteiger partial charge < -0.3 is 46.4 Å². The zero-order valence-electron chi connectivity index (χ0n) is 72.3. The van der Waals surface area contributed by atoms with Crippen LogP contribution in [0.4, 0.5) is 0 Å². The van der Waals surface area contributed by atoms with Crippen LogP contribution in [0.3, 0.4) is 0 Å². The van der Waals surface area contributed by atoms with Gasteiger partial charge in [-0.05, 0) is 151 Å². The number of unbranched alkanes of at least 4 members (excludes halogenated alkanes) is 9. The number of rotatable bonds is 37. The molecule has 634 valence electrons. The number of nitrogens with zero attached hydrogens (tertiary/aromatic N) is 7. The molecule has 9 aromatic rings. The standard InChI is InChI=1S/C16H24N2.C16H18N2.C15H25N3.C15H23N3.C15H18N2.C14H22N2.C11H16N2/c2*1(3-8-12-16-13-17-14-18-16)2-5-9-15-10-6-4-7-11-15;2*16-14(10-13-6-2-1-3-7-13)8-4-5-9-15-11-17-12-18-15;1(2-7-11-15-12-16-13-17-15)4-8-14-9-5-3-6-10-14;1-2-3-4-5-6-7-8-9-10-11-14-12-15-13-16-14;1-2-3-4-5-6-7-8-11-9-12-10-13-11/h13-15H,2,4-12H2,(H,17,18);4,6-7,10-11,13-14H,2,5,8-9,12H2,(H,17,18);4,8,11-14H,1-3,5-7,9-10,16H2,(H,17,18);11-14H,1-3,5-7,9-10,16H2,(H,17,18);1-3,5-6,9-10,12-13H,4,7-8,11H2,(H,16,17);12-13H,2-7,10-11H2,1H3,(H,15,16);9-10H,2-4,7-8H2,1H3,(H,12,13)/b;;8-4-;;2-1-;;/t;;2*14-;;;/m..00.../s1. The Bertz CT molecular complexity index is 4060. The largest absolute Gasteiger partial charge is 0.348 e. The van der Waals surface area contributed by atoms with Gasteiger partial charge in [-0.3, -0.25) is 0 Å². The first kappa shape index (κ1) is 96.9. The number of benzene rings is 2. The molecule has 3 fully saturated rings. The molecule has 11 N–H and O–H groups in total. The lowest BCUT2D eigenvalue weighted by molar-refractivity contribution is 0.329. The summed E-state index contributed by atoms with van der Waals surface area (Å²) in [7, 11) is 0. The van der Waals surface area contributed by atoms with Crippen molar-refractivity contribution in [3.8, 4) is 59.2 Å². The summed E-state index contributed by atoms with van der Waals surface area (Å²) in [5, 5.41) is 0. The van der Waals surface area contributed by atoms with Gasteiger partial charge in [-0.1, -0.05) is 233 Å². The average molecular weight is 1600 g/mol. The molecule has 16 heteroatoms. The third kappa shape index (κ3) is 52.7. The van der Waals surface area contributed by atoms with Crippen molar-refractivity contribution >= 4 is 0 Å². The number of H-pyrrole nitrogens is 7. The van der Waals surface area contributed by atoms with Gasteiger partial charge in [0.15, 0.2) is 0 Å². The highest BCUT2D eigenvalue weighted by Crippen LogP contribution is 2.29. The van der Waals surface area contributed by atoms with Crippen LogP contribution in [0.1, 0.15) is 315 Å². The Kier molecular flexibility index (Phi) is 56.8. The molecule has 3 aliphatic carbocycles. The number of imidazole rings is 7. The fraction of sp³-hybridized carbons (Fsp3) is 0.539. The summed E-state index contributed by atoms with van der Waals surface area (Å²) in [6.07, 6.45) is 91.6. The Balaban J connectivity index is 0.000000214. The minimum absolute atomic E-state index is 0.0647. The topological polar surface area (TPSA) is 253 Å². The van der Waals surface area contributed by atoms with E-state index in [0.717, 1.165) is 177 Å². The van der Waals surface area contributed by atoms with Gasteiger partial charge in [0, 0.05) is 147 Å². The number of aromatic amines is 7. The minimum atomic E-state index is 0.0647. The highest BCUT2D eigenvalue weighted by molar-refractivity contribution is 5.17. The monoisotopic (exact) mass is 1600 g/mol. The van der Waals surface area contributed by atoms with Crippen LogP contribution in [-0.2, 0) is 57.8 Å². The van der Waals surface area contributed by atoms with E-state index in [1.165, 1.54) is 200 Å². The van der Waals surface area contributed by atoms with Gasteiger partial charge in [-0.2, -0.15) is 0 Å². The quantitative estimate of drug-likeness (QED) is 0.0102. The van der Waals surface area contributed by atoms with Crippen LogP contribution in [-0.4, -0.2) is 81.9 Å². The van der Waals surface area contributed by atoms with Gasteiger partial charge in [-0.15, -0.1) is 53.3 Å². The molecule has 7 heterocycles. The van der Waals surface area contributed by atoms with Gasteiger partial charge >= 0.3 is 0 Å². The van der Waals surface area contributed by atoms with Gasteiger partial charge in [0.25, 0.3) is 0 Å². The Morgan fingerprint density at radius 3 is 1.06 bits per heavy atom. The maximum absolute atomic E-state index is 6.16. The molecule has 2 atom stereocenters. The zero-order valence-corrected chi connectivity index (χ0v) is 72.3. The molecule has 7 aromatic heterocycles. The van der Waals surface area contributed by atoms with E-state index in [0.29, 0.717) is 0 Å². The van der Waals surface area contributed by atoms with Gasteiger partial charge in [0.2, 0.25) is 0 Å². The highest BCUT2D eigenvalue weighted by atomic mass is 14.9. The summed E-state index contributed by atoms with van der Waals surface area (Å²) in [5.41, 5.74) is 23.3. The highest BCUT2D eigenvalue weighted by Gasteiger charge is 2.17. The second-order valence-electron chi connectivity index (χ2n) is 31.5. The predicted octanol–water partition coefficient (Wildman–Crippen LogP) is 23.1. The Morgan fingerprint density at radius 1 is 0.322 bits per heavy atom. The van der Waals surface area contributed by atoms with Crippen LogP contribution in [0.2, 0.25) is 0 Å². The molecular weight excluding hydrogens is 1450 g/mol. The second-order valence-corrected chi connectivity index (χ2v) is 31.5. The smallest absolute Gasteiger partial charge is 0.0921 e. The normalized spacial score (nSPS) is 13.6. The molecule has 0 saturated heterocycles. The number of allylic oxidation sites excluding steroid dienone is 3.